The Morgan fingerprint density at radius 1 is 1.00 bits per heavy atom. The highest BCUT2D eigenvalue weighted by Crippen LogP contribution is 2.63. The Morgan fingerprint density at radius 2 is 1.71 bits per heavy atom. The number of phenolic OH excluding ortho intramolecular Hbond substituents is 1. The van der Waals surface area contributed by atoms with E-state index in [1.807, 2.05) is 42.5 Å². The predicted octanol–water partition coefficient (Wildman–Crippen LogP) is 3.80. The maximum atomic E-state index is 14.7. The number of primary amides is 1. The van der Waals surface area contributed by atoms with E-state index in [0.717, 1.165) is 11.1 Å². The summed E-state index contributed by atoms with van der Waals surface area (Å²) in [5, 5.41) is 35.4. The van der Waals surface area contributed by atoms with E-state index < -0.39 is 51.3 Å². The minimum Gasteiger partial charge on any atom is -0.507 e. The van der Waals surface area contributed by atoms with E-state index in [2.05, 4.69) is 0 Å². The molecule has 0 spiro atoms. The topological polar surface area (TPSA) is 169 Å². The molecule has 7 rings (SSSR count). The first-order valence-corrected chi connectivity index (χ1v) is 15.6. The van der Waals surface area contributed by atoms with Crippen LogP contribution in [0.4, 0.5) is 0 Å². The van der Waals surface area contributed by atoms with Gasteiger partial charge in [-0.15, -0.1) is 0 Å². The third-order valence-electron chi connectivity index (χ3n) is 10.4. The van der Waals surface area contributed by atoms with E-state index in [-0.39, 0.29) is 48.9 Å². The smallest absolute Gasteiger partial charge is 0.255 e. The molecule has 4 aliphatic rings. The van der Waals surface area contributed by atoms with Crippen LogP contribution < -0.4 is 15.2 Å². The first-order chi connectivity index (χ1) is 22.7. The van der Waals surface area contributed by atoms with Crippen molar-refractivity contribution in [2.75, 3.05) is 20.9 Å². The molecule has 11 heteroatoms. The van der Waals surface area contributed by atoms with Crippen molar-refractivity contribution >= 4 is 23.2 Å². The molecule has 11 nitrogen and oxygen atoms in total. The van der Waals surface area contributed by atoms with Gasteiger partial charge in [0.05, 0.1) is 11.6 Å². The number of aliphatic hydroxyl groups excluding tert-OH is 1. The number of ether oxygens (including phenoxy) is 3. The molecule has 1 amide bonds. The van der Waals surface area contributed by atoms with Gasteiger partial charge < -0.3 is 35.3 Å². The summed E-state index contributed by atoms with van der Waals surface area (Å²) in [7, 11) is 3.41. The van der Waals surface area contributed by atoms with Crippen LogP contribution in [0.3, 0.4) is 0 Å². The number of carbonyl (C=O) groups excluding carboxylic acids is 3. The van der Waals surface area contributed by atoms with E-state index in [4.69, 9.17) is 19.9 Å². The van der Waals surface area contributed by atoms with Crippen molar-refractivity contribution < 1.29 is 43.9 Å². The summed E-state index contributed by atoms with van der Waals surface area (Å²) in [6.07, 6.45) is 0.175. The van der Waals surface area contributed by atoms with Gasteiger partial charge in [-0.2, -0.15) is 0 Å². The van der Waals surface area contributed by atoms with Gasteiger partial charge in [0, 0.05) is 16.4 Å². The first kappa shape index (κ1) is 31.5. The number of phenols is 1. The average Bonchev–Trinajstić information content (AvgIpc) is 3.50. The third-order valence-corrected chi connectivity index (χ3v) is 10.4. The fraction of sp³-hybridized carbons (Fsp3) is 0.324. The molecule has 0 unspecified atom stereocenters. The number of hydrogen-bond acceptors (Lipinski definition) is 10. The molecular formula is C37H36N2O9. The fourth-order valence-corrected chi connectivity index (χ4v) is 8.52. The lowest BCUT2D eigenvalue weighted by atomic mass is 9.45. The van der Waals surface area contributed by atoms with Crippen molar-refractivity contribution in [2.24, 2.45) is 16.6 Å². The van der Waals surface area contributed by atoms with Crippen LogP contribution in [0.25, 0.3) is 16.9 Å². The van der Waals surface area contributed by atoms with Crippen LogP contribution in [0.2, 0.25) is 0 Å². The molecule has 0 aromatic heterocycles. The second-order valence-corrected chi connectivity index (χ2v) is 13.7. The van der Waals surface area contributed by atoms with E-state index in [1.54, 1.807) is 45.0 Å². The van der Waals surface area contributed by atoms with E-state index in [9.17, 15) is 29.7 Å². The lowest BCUT2D eigenvalue weighted by Gasteiger charge is -2.60. The number of aromatic hydroxyl groups is 1. The van der Waals surface area contributed by atoms with Gasteiger partial charge in [-0.1, -0.05) is 56.3 Å². The quantitative estimate of drug-likeness (QED) is 0.227. The minimum atomic E-state index is -2.79. The Labute approximate surface area is 276 Å². The summed E-state index contributed by atoms with van der Waals surface area (Å²) < 4.78 is 17.3. The van der Waals surface area contributed by atoms with Gasteiger partial charge in [0.25, 0.3) is 5.91 Å². The van der Waals surface area contributed by atoms with Crippen LogP contribution in [0.15, 0.2) is 77.6 Å². The molecule has 0 saturated heterocycles. The summed E-state index contributed by atoms with van der Waals surface area (Å²) in [4.78, 5) is 43.7. The van der Waals surface area contributed by atoms with Crippen LogP contribution in [-0.2, 0) is 32.1 Å². The lowest BCUT2D eigenvalue weighted by molar-refractivity contribution is -0.181. The molecule has 3 aromatic rings. The van der Waals surface area contributed by atoms with Gasteiger partial charge >= 0.3 is 0 Å². The van der Waals surface area contributed by atoms with Crippen molar-refractivity contribution in [3.05, 3.63) is 94.3 Å². The molecule has 1 heterocycles. The summed E-state index contributed by atoms with van der Waals surface area (Å²) in [5.41, 5.74) is 2.28. The highest BCUT2D eigenvalue weighted by Gasteiger charge is 2.73. The zero-order valence-electron chi connectivity index (χ0n) is 27.0. The normalized spacial score (nSPS) is 27.5. The third kappa shape index (κ3) is 4.23. The van der Waals surface area contributed by atoms with Crippen LogP contribution in [0.1, 0.15) is 37.0 Å². The molecule has 248 valence electrons. The van der Waals surface area contributed by atoms with Gasteiger partial charge in [-0.05, 0) is 67.4 Å². The highest BCUT2D eigenvalue weighted by molar-refractivity contribution is 6.33. The second kappa shape index (κ2) is 10.7. The van der Waals surface area contributed by atoms with Gasteiger partial charge in [-0.25, -0.2) is 0 Å². The highest BCUT2D eigenvalue weighted by atomic mass is 16.7. The average molecular weight is 653 g/mol. The predicted molar refractivity (Wildman–Crippen MR) is 174 cm³/mol. The molecule has 1 saturated carbocycles. The number of benzene rings is 3. The number of rotatable bonds is 6. The molecule has 3 aliphatic carbocycles. The number of ketones is 2. The maximum Gasteiger partial charge on any atom is 0.255 e. The van der Waals surface area contributed by atoms with Gasteiger partial charge in [-0.3, -0.25) is 19.3 Å². The van der Waals surface area contributed by atoms with Crippen molar-refractivity contribution in [1.82, 2.24) is 4.90 Å². The van der Waals surface area contributed by atoms with Crippen LogP contribution >= 0.6 is 0 Å². The van der Waals surface area contributed by atoms with Crippen LogP contribution in [0.5, 0.6) is 17.2 Å². The molecule has 0 bridgehead atoms. The number of amides is 1. The first-order valence-electron chi connectivity index (χ1n) is 15.6. The number of fused-ring (bicyclic) bond motifs is 4. The Bertz CT molecular complexity index is 1980. The van der Waals surface area contributed by atoms with Crippen molar-refractivity contribution in [1.29, 1.82) is 0 Å². The Balaban J connectivity index is 1.41. The molecule has 4 atom stereocenters. The zero-order valence-corrected chi connectivity index (χ0v) is 27.0. The zero-order chi connectivity index (χ0) is 34.3. The molecule has 48 heavy (non-hydrogen) atoms. The largest absolute Gasteiger partial charge is 0.507 e. The number of aliphatic hydroxyl groups is 2. The van der Waals surface area contributed by atoms with Crippen molar-refractivity contribution in [3.63, 3.8) is 0 Å². The number of hydrogen-bond donors (Lipinski definition) is 4. The molecule has 1 fully saturated rings. The summed E-state index contributed by atoms with van der Waals surface area (Å²) in [5.74, 6) is -3.08. The number of carbonyl (C=O) groups is 3. The number of Topliss-reactive ketones (excluding diaryl/α,β-unsaturated/α-hetero) is 2. The molecular weight excluding hydrogens is 616 g/mol. The second-order valence-electron chi connectivity index (χ2n) is 13.7. The van der Waals surface area contributed by atoms with Gasteiger partial charge in [0.1, 0.15) is 29.4 Å². The van der Waals surface area contributed by atoms with Crippen molar-refractivity contribution in [2.45, 2.75) is 44.9 Å². The standard InChI is InChI=1S/C37H36N2O9/c1-35-15-22-21(20-10-13-24-25(14-20)48-18-47-24)11-12-23(40)26(22)29(41)28(35)33(43)37(45)32(42)27(34(38)44)30(31(39(3)4)36(37,2)17-35)46-16-19-8-6-5-7-9-19/h5-14,31,40-41,45H,15-18H2,1-4H3,(H2,38,44)/t31-,35+,36+,37-/m1/s1. The summed E-state index contributed by atoms with van der Waals surface area (Å²) in [6.45, 7) is 3.52. The minimum absolute atomic E-state index is 0.00177. The van der Waals surface area contributed by atoms with Gasteiger partial charge in [0.15, 0.2) is 17.1 Å². The molecule has 5 N–H and O–H groups in total. The number of likely N-dealkylation sites (N-methyl/N-ethyl adjacent to an activating group) is 1. The number of nitrogens with zero attached hydrogens (tertiary/aromatic N) is 1. The van der Waals surface area contributed by atoms with Crippen molar-refractivity contribution in [3.8, 4) is 28.4 Å². The van der Waals surface area contributed by atoms with Crippen LogP contribution in [0, 0.1) is 10.8 Å². The molecule has 1 aliphatic heterocycles. The van der Waals surface area contributed by atoms with Crippen LogP contribution in [-0.4, -0.2) is 70.2 Å². The Kier molecular flexibility index (Phi) is 7.01. The molecule has 3 aromatic carbocycles. The SMILES string of the molecule is CN(C)[C@@H]1C(OCc2ccccc2)=C(C(N)=O)C(=O)[C@@]2(O)C(=O)C3=C(O)c4c(O)ccc(-c5ccc6c(c5)OCO6)c4C[C@@]3(C)C[C@@]12C. The summed E-state index contributed by atoms with van der Waals surface area (Å²) >= 11 is 0. The monoisotopic (exact) mass is 652 g/mol. The maximum absolute atomic E-state index is 14.7. The Hall–Kier alpha value is -5.13. The van der Waals surface area contributed by atoms with Gasteiger partial charge in [0.2, 0.25) is 18.4 Å². The fourth-order valence-electron chi connectivity index (χ4n) is 8.52. The summed E-state index contributed by atoms with van der Waals surface area (Å²) in [6, 6.07) is 16.8. The lowest BCUT2D eigenvalue weighted by Crippen LogP contribution is -2.74. The number of nitrogens with two attached hydrogens (primary N) is 1. The van der Waals surface area contributed by atoms with E-state index in [1.165, 1.54) is 6.07 Å². The van der Waals surface area contributed by atoms with E-state index >= 15 is 0 Å². The van der Waals surface area contributed by atoms with E-state index in [0.29, 0.717) is 22.6 Å². The Morgan fingerprint density at radius 3 is 2.40 bits per heavy atom. The molecule has 0 radical (unpaired) electrons.